The zero-order valence-electron chi connectivity index (χ0n) is 12.0. The fraction of sp³-hybridized carbons (Fsp3) is 0.600. The van der Waals surface area contributed by atoms with Crippen LogP contribution in [0.15, 0.2) is 12.1 Å². The minimum absolute atomic E-state index is 0.0866. The van der Waals surface area contributed by atoms with Gasteiger partial charge in [-0.15, -0.1) is 0 Å². The van der Waals surface area contributed by atoms with E-state index < -0.39 is 5.75 Å². The predicted molar refractivity (Wildman–Crippen MR) is 78.1 cm³/mol. The van der Waals surface area contributed by atoms with Gasteiger partial charge in [0.15, 0.2) is 11.5 Å². The van der Waals surface area contributed by atoms with E-state index in [-0.39, 0.29) is 17.5 Å². The van der Waals surface area contributed by atoms with Crippen molar-refractivity contribution in [2.75, 3.05) is 26.2 Å². The quantitative estimate of drug-likeness (QED) is 0.620. The molecule has 0 aromatic heterocycles. The molecule has 2 rings (SSSR count). The molecule has 1 saturated heterocycles. The normalized spacial score (nSPS) is 18.1. The molecule has 0 radical (unpaired) electrons. The molecule has 20 heavy (non-hydrogen) atoms. The number of phenolic OH excluding ortho intramolecular Hbond substituents is 3. The molecule has 1 heterocycles. The Hall–Kier alpha value is -1.46. The Bertz CT molecular complexity index is 445. The van der Waals surface area contributed by atoms with Gasteiger partial charge in [-0.1, -0.05) is 19.8 Å². The molecule has 1 aromatic rings. The molecule has 4 N–H and O–H groups in total. The molecule has 0 unspecified atom stereocenters. The Balaban J connectivity index is 2.27. The van der Waals surface area contributed by atoms with Crippen LogP contribution in [-0.4, -0.2) is 46.4 Å². The fourth-order valence-corrected chi connectivity index (χ4v) is 2.78. The molecule has 1 aliphatic rings. The first-order chi connectivity index (χ1) is 9.65. The maximum atomic E-state index is 10.1. The maximum absolute atomic E-state index is 10.1. The number of aromatic hydroxyl groups is 3. The van der Waals surface area contributed by atoms with Crippen molar-refractivity contribution in [3.8, 4) is 17.2 Å². The van der Waals surface area contributed by atoms with Crippen LogP contribution < -0.4 is 5.32 Å². The molecule has 0 saturated carbocycles. The van der Waals surface area contributed by atoms with E-state index in [1.54, 1.807) is 6.07 Å². The van der Waals surface area contributed by atoms with Crippen molar-refractivity contribution in [3.63, 3.8) is 0 Å². The van der Waals surface area contributed by atoms with E-state index in [0.717, 1.165) is 45.4 Å². The van der Waals surface area contributed by atoms with Crippen LogP contribution in [-0.2, 0) is 0 Å². The maximum Gasteiger partial charge on any atom is 0.200 e. The van der Waals surface area contributed by atoms with Crippen molar-refractivity contribution >= 4 is 0 Å². The van der Waals surface area contributed by atoms with Crippen LogP contribution >= 0.6 is 0 Å². The van der Waals surface area contributed by atoms with E-state index in [0.29, 0.717) is 5.56 Å². The number of hydrogen-bond donors (Lipinski definition) is 4. The molecule has 1 aromatic carbocycles. The van der Waals surface area contributed by atoms with Crippen LogP contribution in [0.2, 0.25) is 0 Å². The zero-order chi connectivity index (χ0) is 14.5. The highest BCUT2D eigenvalue weighted by molar-refractivity contribution is 5.54. The van der Waals surface area contributed by atoms with E-state index in [4.69, 9.17) is 0 Å². The van der Waals surface area contributed by atoms with E-state index >= 15 is 0 Å². The van der Waals surface area contributed by atoms with Crippen molar-refractivity contribution < 1.29 is 15.3 Å². The molecule has 1 fully saturated rings. The van der Waals surface area contributed by atoms with E-state index in [1.165, 1.54) is 6.07 Å². The minimum atomic E-state index is -0.417. The van der Waals surface area contributed by atoms with Crippen LogP contribution in [0.1, 0.15) is 37.8 Å². The second kappa shape index (κ2) is 6.81. The van der Waals surface area contributed by atoms with Gasteiger partial charge in [0, 0.05) is 37.8 Å². The Morgan fingerprint density at radius 2 is 1.85 bits per heavy atom. The number of benzene rings is 1. The molecule has 5 nitrogen and oxygen atoms in total. The third kappa shape index (κ3) is 3.16. The molecule has 1 atom stereocenters. The van der Waals surface area contributed by atoms with Gasteiger partial charge in [0.05, 0.1) is 0 Å². The van der Waals surface area contributed by atoms with Gasteiger partial charge in [0.1, 0.15) is 0 Å². The molecular formula is C15H24N2O3. The average molecular weight is 280 g/mol. The van der Waals surface area contributed by atoms with Crippen LogP contribution in [0.3, 0.4) is 0 Å². The number of piperazine rings is 1. The highest BCUT2D eigenvalue weighted by atomic mass is 16.3. The molecule has 5 heteroatoms. The summed E-state index contributed by atoms with van der Waals surface area (Å²) in [4.78, 5) is 2.33. The van der Waals surface area contributed by atoms with E-state index in [1.807, 2.05) is 0 Å². The first kappa shape index (κ1) is 14.9. The summed E-state index contributed by atoms with van der Waals surface area (Å²) in [6.07, 6.45) is 3.09. The van der Waals surface area contributed by atoms with Gasteiger partial charge in [-0.05, 0) is 18.6 Å². The lowest BCUT2D eigenvalue weighted by Gasteiger charge is -2.35. The summed E-state index contributed by atoms with van der Waals surface area (Å²) in [7, 11) is 0. The lowest BCUT2D eigenvalue weighted by molar-refractivity contribution is 0.160. The lowest BCUT2D eigenvalue weighted by atomic mass is 9.97. The van der Waals surface area contributed by atoms with Crippen molar-refractivity contribution in [2.45, 2.75) is 32.2 Å². The largest absolute Gasteiger partial charge is 0.504 e. The zero-order valence-corrected chi connectivity index (χ0v) is 12.0. The van der Waals surface area contributed by atoms with Gasteiger partial charge in [0.25, 0.3) is 0 Å². The summed E-state index contributed by atoms with van der Waals surface area (Å²) in [5, 5.41) is 32.6. The van der Waals surface area contributed by atoms with Gasteiger partial charge in [-0.2, -0.15) is 0 Å². The summed E-state index contributed by atoms with van der Waals surface area (Å²) in [5.74, 6) is -0.885. The Morgan fingerprint density at radius 1 is 1.15 bits per heavy atom. The second-order valence-corrected chi connectivity index (χ2v) is 5.32. The van der Waals surface area contributed by atoms with Crippen LogP contribution in [0, 0.1) is 0 Å². The first-order valence-electron chi connectivity index (χ1n) is 7.33. The number of nitrogens with zero attached hydrogens (tertiary/aromatic N) is 1. The van der Waals surface area contributed by atoms with Gasteiger partial charge in [-0.25, -0.2) is 0 Å². The van der Waals surface area contributed by atoms with Crippen molar-refractivity contribution in [1.29, 1.82) is 0 Å². The number of phenols is 3. The molecule has 112 valence electrons. The highest BCUT2D eigenvalue weighted by Gasteiger charge is 2.25. The fourth-order valence-electron chi connectivity index (χ4n) is 2.78. The minimum Gasteiger partial charge on any atom is -0.504 e. The summed E-state index contributed by atoms with van der Waals surface area (Å²) in [6, 6.07) is 3.25. The SMILES string of the molecule is CCCC[C@H](c1ccc(O)c(O)c1O)N1CCNCC1. The predicted octanol–water partition coefficient (Wildman–Crippen LogP) is 1.94. The summed E-state index contributed by atoms with van der Waals surface area (Å²) in [6.45, 7) is 5.87. The van der Waals surface area contributed by atoms with Crippen molar-refractivity contribution in [2.24, 2.45) is 0 Å². The number of hydrogen-bond acceptors (Lipinski definition) is 5. The topological polar surface area (TPSA) is 76.0 Å². The summed E-state index contributed by atoms with van der Waals surface area (Å²) < 4.78 is 0. The molecule has 0 amide bonds. The molecule has 0 spiro atoms. The third-order valence-electron chi connectivity index (χ3n) is 3.94. The highest BCUT2D eigenvalue weighted by Crippen LogP contribution is 2.42. The monoisotopic (exact) mass is 280 g/mol. The third-order valence-corrected chi connectivity index (χ3v) is 3.94. The number of rotatable bonds is 5. The Morgan fingerprint density at radius 3 is 2.50 bits per heavy atom. The van der Waals surface area contributed by atoms with Crippen molar-refractivity contribution in [1.82, 2.24) is 10.2 Å². The summed E-state index contributed by atoms with van der Waals surface area (Å²) >= 11 is 0. The molecule has 0 bridgehead atoms. The van der Waals surface area contributed by atoms with Crippen LogP contribution in [0.4, 0.5) is 0 Å². The van der Waals surface area contributed by atoms with E-state index in [2.05, 4.69) is 17.1 Å². The van der Waals surface area contributed by atoms with Crippen molar-refractivity contribution in [3.05, 3.63) is 17.7 Å². The Labute approximate surface area is 119 Å². The van der Waals surface area contributed by atoms with Gasteiger partial charge < -0.3 is 20.6 Å². The molecular weight excluding hydrogens is 256 g/mol. The van der Waals surface area contributed by atoms with E-state index in [9.17, 15) is 15.3 Å². The Kier molecular flexibility index (Phi) is 5.09. The standard InChI is InChI=1S/C15H24N2O3/c1-2-3-4-12(17-9-7-16-8-10-17)11-5-6-13(18)15(20)14(11)19/h5-6,12,16,18-20H,2-4,7-10H2,1H3/t12-/m1/s1. The van der Waals surface area contributed by atoms with Gasteiger partial charge in [-0.3, -0.25) is 4.90 Å². The van der Waals surface area contributed by atoms with Gasteiger partial charge >= 0.3 is 0 Å². The van der Waals surface area contributed by atoms with Crippen LogP contribution in [0.5, 0.6) is 17.2 Å². The second-order valence-electron chi connectivity index (χ2n) is 5.32. The van der Waals surface area contributed by atoms with Gasteiger partial charge in [0.2, 0.25) is 5.75 Å². The number of unbranched alkanes of at least 4 members (excludes halogenated alkanes) is 1. The smallest absolute Gasteiger partial charge is 0.200 e. The first-order valence-corrected chi connectivity index (χ1v) is 7.33. The summed E-state index contributed by atoms with van der Waals surface area (Å²) in [5.41, 5.74) is 0.704. The number of nitrogens with one attached hydrogen (secondary N) is 1. The van der Waals surface area contributed by atoms with Crippen LogP contribution in [0.25, 0.3) is 0 Å². The molecule has 0 aliphatic carbocycles. The lowest BCUT2D eigenvalue weighted by Crippen LogP contribution is -2.45. The average Bonchev–Trinajstić information content (AvgIpc) is 2.48. The molecule has 1 aliphatic heterocycles.